The maximum atomic E-state index is 12.4. The molecule has 7 heteroatoms. The zero-order chi connectivity index (χ0) is 21.7. The highest BCUT2D eigenvalue weighted by molar-refractivity contribution is 6.33. The Morgan fingerprint density at radius 1 is 1.17 bits per heavy atom. The number of nitriles is 1. The van der Waals surface area contributed by atoms with Gasteiger partial charge in [0, 0.05) is 17.3 Å². The zero-order valence-electron chi connectivity index (χ0n) is 16.2. The summed E-state index contributed by atoms with van der Waals surface area (Å²) in [7, 11) is 1.28. The molecule has 1 aromatic heterocycles. The first-order valence-electron chi connectivity index (χ1n) is 8.89. The van der Waals surface area contributed by atoms with Crippen LogP contribution in [0.2, 0.25) is 5.02 Å². The molecule has 0 atom stereocenters. The number of hydrogen-bond acceptors (Lipinski definition) is 5. The lowest BCUT2D eigenvalue weighted by atomic mass is 10.1. The number of hydrogen-bond donors (Lipinski definition) is 1. The van der Waals surface area contributed by atoms with Gasteiger partial charge >= 0.3 is 5.97 Å². The molecule has 30 heavy (non-hydrogen) atoms. The lowest BCUT2D eigenvalue weighted by Crippen LogP contribution is -2.13. The van der Waals surface area contributed by atoms with E-state index in [0.29, 0.717) is 22.8 Å². The second-order valence-corrected chi connectivity index (χ2v) is 6.79. The predicted octanol–water partition coefficient (Wildman–Crippen LogP) is 5.24. The molecule has 0 aliphatic carbocycles. The molecule has 0 bridgehead atoms. The van der Waals surface area contributed by atoms with Gasteiger partial charge in [-0.05, 0) is 48.9 Å². The van der Waals surface area contributed by atoms with Crippen molar-refractivity contribution in [1.29, 1.82) is 5.26 Å². The molecule has 150 valence electrons. The Morgan fingerprint density at radius 2 is 1.97 bits per heavy atom. The van der Waals surface area contributed by atoms with Crippen molar-refractivity contribution in [3.05, 3.63) is 82.1 Å². The molecular formula is C23H17ClN2O4. The number of ether oxygens (including phenoxy) is 1. The van der Waals surface area contributed by atoms with Gasteiger partial charge in [-0.15, -0.1) is 0 Å². The van der Waals surface area contributed by atoms with Gasteiger partial charge in [0.05, 0.1) is 17.7 Å². The number of rotatable bonds is 5. The van der Waals surface area contributed by atoms with Gasteiger partial charge in [-0.3, -0.25) is 4.79 Å². The van der Waals surface area contributed by atoms with Crippen LogP contribution in [-0.4, -0.2) is 19.0 Å². The molecule has 0 radical (unpaired) electrons. The van der Waals surface area contributed by atoms with E-state index >= 15 is 0 Å². The zero-order valence-corrected chi connectivity index (χ0v) is 17.0. The molecule has 6 nitrogen and oxygen atoms in total. The summed E-state index contributed by atoms with van der Waals surface area (Å²) in [6.07, 6.45) is 1.36. The number of aryl methyl sites for hydroxylation is 1. The second-order valence-electron chi connectivity index (χ2n) is 6.38. The molecule has 0 saturated heterocycles. The number of benzene rings is 2. The first-order chi connectivity index (χ1) is 14.4. The van der Waals surface area contributed by atoms with E-state index in [4.69, 9.17) is 16.0 Å². The fraction of sp³-hybridized carbons (Fsp3) is 0.0870. The molecule has 0 aliphatic rings. The maximum absolute atomic E-state index is 12.4. The van der Waals surface area contributed by atoms with Crippen LogP contribution in [0.25, 0.3) is 17.4 Å². The minimum atomic E-state index is -0.536. The summed E-state index contributed by atoms with van der Waals surface area (Å²) in [6, 6.07) is 17.3. The molecule has 3 rings (SSSR count). The average molecular weight is 421 g/mol. The number of carbonyl (C=O) groups excluding carboxylic acids is 2. The Labute approximate surface area is 178 Å². The van der Waals surface area contributed by atoms with Gasteiger partial charge < -0.3 is 14.5 Å². The van der Waals surface area contributed by atoms with Crippen LogP contribution in [-0.2, 0) is 9.53 Å². The van der Waals surface area contributed by atoms with Crippen molar-refractivity contribution in [2.24, 2.45) is 0 Å². The molecule has 1 heterocycles. The minimum Gasteiger partial charge on any atom is -0.465 e. The lowest BCUT2D eigenvalue weighted by Gasteiger charge is -2.05. The van der Waals surface area contributed by atoms with Crippen molar-refractivity contribution in [3.8, 4) is 17.4 Å². The van der Waals surface area contributed by atoms with Gasteiger partial charge in [0.1, 0.15) is 23.2 Å². The number of methoxy groups -OCH3 is 1. The molecular weight excluding hydrogens is 404 g/mol. The van der Waals surface area contributed by atoms with Crippen molar-refractivity contribution < 1.29 is 18.7 Å². The molecule has 2 aromatic carbocycles. The van der Waals surface area contributed by atoms with Gasteiger partial charge in [0.25, 0.3) is 5.91 Å². The number of esters is 1. The third-order valence-electron chi connectivity index (χ3n) is 4.21. The van der Waals surface area contributed by atoms with E-state index in [-0.39, 0.29) is 16.2 Å². The minimum absolute atomic E-state index is 0.100. The Kier molecular flexibility index (Phi) is 6.35. The highest BCUT2D eigenvalue weighted by Gasteiger charge is 2.14. The van der Waals surface area contributed by atoms with E-state index in [9.17, 15) is 14.9 Å². The highest BCUT2D eigenvalue weighted by atomic mass is 35.5. The number of nitrogens with zero attached hydrogens (tertiary/aromatic N) is 1. The molecule has 0 fully saturated rings. The summed E-state index contributed by atoms with van der Waals surface area (Å²) in [6.45, 7) is 1.91. The lowest BCUT2D eigenvalue weighted by molar-refractivity contribution is -0.112. The summed E-state index contributed by atoms with van der Waals surface area (Å²) >= 11 is 6.15. The van der Waals surface area contributed by atoms with Gasteiger partial charge in [-0.2, -0.15) is 5.26 Å². The Hall–Kier alpha value is -3.82. The van der Waals surface area contributed by atoms with Crippen LogP contribution in [0.5, 0.6) is 0 Å². The number of anilines is 1. The summed E-state index contributed by atoms with van der Waals surface area (Å²) in [5, 5.41) is 12.3. The van der Waals surface area contributed by atoms with Crippen LogP contribution in [0.1, 0.15) is 21.7 Å². The van der Waals surface area contributed by atoms with Crippen molar-refractivity contribution >= 4 is 35.2 Å². The SMILES string of the molecule is COC(=O)c1ccc(-c2ccc(/C=C(/C#N)C(=O)Nc3cccc(C)c3)o2)cc1Cl. The van der Waals surface area contributed by atoms with Crippen LogP contribution < -0.4 is 5.32 Å². The van der Waals surface area contributed by atoms with E-state index in [1.54, 1.807) is 36.4 Å². The normalized spacial score (nSPS) is 10.9. The fourth-order valence-electron chi connectivity index (χ4n) is 2.74. The smallest absolute Gasteiger partial charge is 0.339 e. The summed E-state index contributed by atoms with van der Waals surface area (Å²) in [5.74, 6) is -0.274. The summed E-state index contributed by atoms with van der Waals surface area (Å²) in [4.78, 5) is 24.1. The standard InChI is InChI=1S/C23H17ClN2O4/c1-14-4-3-5-17(10-14)26-22(27)16(13-25)11-18-7-9-21(30-18)15-6-8-19(20(24)12-15)23(28)29-2/h3-12H,1-2H3,(H,26,27)/b16-11-. The highest BCUT2D eigenvalue weighted by Crippen LogP contribution is 2.28. The van der Waals surface area contributed by atoms with Crippen molar-refractivity contribution in [3.63, 3.8) is 0 Å². The van der Waals surface area contributed by atoms with Crippen molar-refractivity contribution in [2.45, 2.75) is 6.92 Å². The summed E-state index contributed by atoms with van der Waals surface area (Å²) < 4.78 is 10.4. The third-order valence-corrected chi connectivity index (χ3v) is 4.53. The monoisotopic (exact) mass is 420 g/mol. The Bertz CT molecular complexity index is 1190. The van der Waals surface area contributed by atoms with E-state index in [2.05, 4.69) is 10.1 Å². The van der Waals surface area contributed by atoms with Crippen molar-refractivity contribution in [1.82, 2.24) is 0 Å². The van der Waals surface area contributed by atoms with Gasteiger partial charge in [0.15, 0.2) is 0 Å². The molecule has 1 N–H and O–H groups in total. The van der Waals surface area contributed by atoms with E-state index in [0.717, 1.165) is 5.56 Å². The molecule has 3 aromatic rings. The Morgan fingerprint density at radius 3 is 2.63 bits per heavy atom. The molecule has 1 amide bonds. The fourth-order valence-corrected chi connectivity index (χ4v) is 3.00. The quantitative estimate of drug-likeness (QED) is 0.346. The van der Waals surface area contributed by atoms with Gasteiger partial charge in [0.2, 0.25) is 0 Å². The van der Waals surface area contributed by atoms with Crippen LogP contribution in [0.4, 0.5) is 5.69 Å². The second kappa shape index (κ2) is 9.12. The molecule has 0 spiro atoms. The molecule has 0 saturated carbocycles. The first kappa shape index (κ1) is 20.9. The van der Waals surface area contributed by atoms with Crippen LogP contribution in [0, 0.1) is 18.3 Å². The molecule has 0 unspecified atom stereocenters. The average Bonchev–Trinajstić information content (AvgIpc) is 3.20. The number of nitrogens with one attached hydrogen (secondary N) is 1. The van der Waals surface area contributed by atoms with E-state index in [1.165, 1.54) is 19.3 Å². The number of amides is 1. The molecule has 0 aliphatic heterocycles. The largest absolute Gasteiger partial charge is 0.465 e. The first-order valence-corrected chi connectivity index (χ1v) is 9.27. The Balaban J connectivity index is 1.81. The predicted molar refractivity (Wildman–Crippen MR) is 114 cm³/mol. The van der Waals surface area contributed by atoms with Crippen LogP contribution in [0.15, 0.2) is 64.6 Å². The van der Waals surface area contributed by atoms with E-state index < -0.39 is 11.9 Å². The van der Waals surface area contributed by atoms with E-state index in [1.807, 2.05) is 25.1 Å². The third kappa shape index (κ3) is 4.77. The van der Waals surface area contributed by atoms with Crippen LogP contribution >= 0.6 is 11.6 Å². The van der Waals surface area contributed by atoms with Gasteiger partial charge in [-0.1, -0.05) is 29.8 Å². The number of halogens is 1. The van der Waals surface area contributed by atoms with Crippen LogP contribution in [0.3, 0.4) is 0 Å². The topological polar surface area (TPSA) is 92.3 Å². The summed E-state index contributed by atoms with van der Waals surface area (Å²) in [5.41, 5.74) is 2.37. The van der Waals surface area contributed by atoms with Crippen molar-refractivity contribution in [2.75, 3.05) is 12.4 Å². The number of furan rings is 1. The van der Waals surface area contributed by atoms with Gasteiger partial charge in [-0.25, -0.2) is 4.79 Å². The maximum Gasteiger partial charge on any atom is 0.339 e. The number of carbonyl (C=O) groups is 2.